The number of hydrogen-bond acceptors (Lipinski definition) is 2. The highest BCUT2D eigenvalue weighted by Crippen LogP contribution is 2.19. The van der Waals surface area contributed by atoms with Gasteiger partial charge < -0.3 is 5.11 Å². The third-order valence-corrected chi connectivity index (χ3v) is 2.63. The average molecular weight is 251 g/mol. The molecule has 4 nitrogen and oxygen atoms in total. The first-order valence-corrected chi connectivity index (χ1v) is 5.47. The van der Waals surface area contributed by atoms with Gasteiger partial charge in [0.2, 0.25) is 0 Å². The van der Waals surface area contributed by atoms with Gasteiger partial charge in [0.25, 0.3) is 0 Å². The number of aliphatic carboxylic acids is 1. The van der Waals surface area contributed by atoms with E-state index in [2.05, 4.69) is 5.10 Å². The molecule has 88 valence electrons. The molecule has 1 aromatic carbocycles. The minimum absolute atomic E-state index is 0.0768. The molecule has 0 unspecified atom stereocenters. The van der Waals surface area contributed by atoms with E-state index in [1.54, 1.807) is 23.0 Å². The molecule has 0 bridgehead atoms. The number of carboxylic acids is 1. The summed E-state index contributed by atoms with van der Waals surface area (Å²) in [6.45, 7) is 1.95. The quantitative estimate of drug-likeness (QED) is 0.910. The maximum absolute atomic E-state index is 10.6. The van der Waals surface area contributed by atoms with E-state index in [4.69, 9.17) is 16.7 Å². The molecule has 2 aromatic rings. The zero-order valence-electron chi connectivity index (χ0n) is 9.22. The second kappa shape index (κ2) is 4.59. The molecule has 0 aliphatic carbocycles. The van der Waals surface area contributed by atoms with Crippen LogP contribution in [0.2, 0.25) is 5.02 Å². The van der Waals surface area contributed by atoms with Crippen LogP contribution >= 0.6 is 11.6 Å². The fourth-order valence-electron chi connectivity index (χ4n) is 1.57. The second-order valence-corrected chi connectivity index (χ2v) is 4.19. The van der Waals surface area contributed by atoms with E-state index in [9.17, 15) is 4.79 Å². The van der Waals surface area contributed by atoms with Gasteiger partial charge in [-0.05, 0) is 30.7 Å². The van der Waals surface area contributed by atoms with Crippen LogP contribution in [0.5, 0.6) is 0 Å². The van der Waals surface area contributed by atoms with Crippen LogP contribution in [-0.2, 0) is 11.2 Å². The Morgan fingerprint density at radius 1 is 1.47 bits per heavy atom. The summed E-state index contributed by atoms with van der Waals surface area (Å²) in [6, 6.07) is 7.20. The van der Waals surface area contributed by atoms with Gasteiger partial charge in [-0.2, -0.15) is 5.10 Å². The van der Waals surface area contributed by atoms with Crippen molar-refractivity contribution in [3.05, 3.63) is 46.7 Å². The zero-order chi connectivity index (χ0) is 12.4. The third-order valence-electron chi connectivity index (χ3n) is 2.39. The number of aryl methyl sites for hydroxylation is 1. The number of carboxylic acid groups (broad SMARTS) is 1. The summed E-state index contributed by atoms with van der Waals surface area (Å²) < 4.78 is 1.64. The molecule has 0 spiro atoms. The van der Waals surface area contributed by atoms with Gasteiger partial charge >= 0.3 is 5.97 Å². The molecule has 0 saturated heterocycles. The molecular weight excluding hydrogens is 240 g/mol. The van der Waals surface area contributed by atoms with Crippen molar-refractivity contribution in [3.8, 4) is 5.69 Å². The molecule has 2 rings (SSSR count). The standard InChI is InChI=1S/C12H11ClN2O2/c1-8-2-3-9(13)6-11(8)15-5-4-10(14-15)7-12(16)17/h2-6H,7H2,1H3,(H,16,17). The van der Waals surface area contributed by atoms with Crippen molar-refractivity contribution in [1.82, 2.24) is 9.78 Å². The van der Waals surface area contributed by atoms with Crippen LogP contribution in [0.1, 0.15) is 11.3 Å². The predicted molar refractivity (Wildman–Crippen MR) is 64.7 cm³/mol. The van der Waals surface area contributed by atoms with E-state index in [0.29, 0.717) is 10.7 Å². The first kappa shape index (κ1) is 11.7. The van der Waals surface area contributed by atoms with Crippen molar-refractivity contribution in [3.63, 3.8) is 0 Å². The first-order chi connectivity index (χ1) is 8.06. The third kappa shape index (κ3) is 2.65. The fraction of sp³-hybridized carbons (Fsp3) is 0.167. The first-order valence-electron chi connectivity index (χ1n) is 5.09. The highest BCUT2D eigenvalue weighted by Gasteiger charge is 2.07. The molecule has 1 N–H and O–H groups in total. The Morgan fingerprint density at radius 3 is 2.94 bits per heavy atom. The van der Waals surface area contributed by atoms with E-state index >= 15 is 0 Å². The van der Waals surface area contributed by atoms with E-state index < -0.39 is 5.97 Å². The lowest BCUT2D eigenvalue weighted by atomic mass is 10.2. The largest absolute Gasteiger partial charge is 0.481 e. The average Bonchev–Trinajstić information content (AvgIpc) is 2.69. The van der Waals surface area contributed by atoms with Crippen molar-refractivity contribution in [1.29, 1.82) is 0 Å². The molecule has 17 heavy (non-hydrogen) atoms. The smallest absolute Gasteiger partial charge is 0.309 e. The van der Waals surface area contributed by atoms with E-state index in [1.165, 1.54) is 0 Å². The van der Waals surface area contributed by atoms with Crippen LogP contribution < -0.4 is 0 Å². The van der Waals surface area contributed by atoms with Crippen molar-refractivity contribution in [2.45, 2.75) is 13.3 Å². The molecule has 0 saturated carbocycles. The summed E-state index contributed by atoms with van der Waals surface area (Å²) in [5, 5.41) is 13.5. The van der Waals surface area contributed by atoms with Crippen LogP contribution in [0.15, 0.2) is 30.5 Å². The van der Waals surface area contributed by atoms with Gasteiger partial charge in [0.05, 0.1) is 17.8 Å². The number of nitrogens with zero attached hydrogens (tertiary/aromatic N) is 2. The Bertz CT molecular complexity index is 563. The second-order valence-electron chi connectivity index (χ2n) is 3.75. The lowest BCUT2D eigenvalue weighted by Crippen LogP contribution is -2.03. The highest BCUT2D eigenvalue weighted by molar-refractivity contribution is 6.30. The Balaban J connectivity index is 2.36. The van der Waals surface area contributed by atoms with Crippen molar-refractivity contribution in [2.24, 2.45) is 0 Å². The van der Waals surface area contributed by atoms with E-state index in [0.717, 1.165) is 11.3 Å². The molecular formula is C12H11ClN2O2. The molecule has 0 amide bonds. The van der Waals surface area contributed by atoms with Gasteiger partial charge in [0.15, 0.2) is 0 Å². The van der Waals surface area contributed by atoms with E-state index in [-0.39, 0.29) is 6.42 Å². The Morgan fingerprint density at radius 2 is 2.24 bits per heavy atom. The SMILES string of the molecule is Cc1ccc(Cl)cc1-n1ccc(CC(=O)O)n1. The summed E-state index contributed by atoms with van der Waals surface area (Å²) in [6.07, 6.45) is 1.66. The summed E-state index contributed by atoms with van der Waals surface area (Å²) >= 11 is 5.92. The van der Waals surface area contributed by atoms with Gasteiger partial charge in [0.1, 0.15) is 0 Å². The summed E-state index contributed by atoms with van der Waals surface area (Å²) in [7, 11) is 0. The minimum Gasteiger partial charge on any atom is -0.481 e. The number of benzene rings is 1. The van der Waals surface area contributed by atoms with Crippen molar-refractivity contribution < 1.29 is 9.90 Å². The summed E-state index contributed by atoms with van der Waals surface area (Å²) in [4.78, 5) is 10.6. The van der Waals surface area contributed by atoms with Crippen molar-refractivity contribution in [2.75, 3.05) is 0 Å². The number of rotatable bonds is 3. The summed E-state index contributed by atoms with van der Waals surface area (Å²) in [5.41, 5.74) is 2.41. The molecule has 0 aliphatic rings. The Kier molecular flexibility index (Phi) is 3.15. The lowest BCUT2D eigenvalue weighted by molar-refractivity contribution is -0.136. The zero-order valence-corrected chi connectivity index (χ0v) is 9.98. The lowest BCUT2D eigenvalue weighted by Gasteiger charge is -2.05. The predicted octanol–water partition coefficient (Wildman–Crippen LogP) is 2.46. The number of hydrogen-bond donors (Lipinski definition) is 1. The molecule has 1 aromatic heterocycles. The molecule has 0 aliphatic heterocycles. The number of carbonyl (C=O) groups is 1. The monoisotopic (exact) mass is 250 g/mol. The molecule has 5 heteroatoms. The van der Waals surface area contributed by atoms with Gasteiger partial charge in [-0.15, -0.1) is 0 Å². The van der Waals surface area contributed by atoms with Crippen LogP contribution in [0.3, 0.4) is 0 Å². The van der Waals surface area contributed by atoms with Crippen molar-refractivity contribution >= 4 is 17.6 Å². The maximum atomic E-state index is 10.6. The number of halogens is 1. The van der Waals surface area contributed by atoms with E-state index in [1.807, 2.05) is 19.1 Å². The highest BCUT2D eigenvalue weighted by atomic mass is 35.5. The normalized spacial score (nSPS) is 10.5. The van der Waals surface area contributed by atoms with Gasteiger partial charge in [-0.1, -0.05) is 17.7 Å². The minimum atomic E-state index is -0.891. The molecule has 1 heterocycles. The number of aromatic nitrogens is 2. The fourth-order valence-corrected chi connectivity index (χ4v) is 1.74. The maximum Gasteiger partial charge on any atom is 0.309 e. The summed E-state index contributed by atoms with van der Waals surface area (Å²) in [5.74, 6) is -0.891. The van der Waals surface area contributed by atoms with Crippen LogP contribution in [0.4, 0.5) is 0 Å². The Labute approximate surface area is 103 Å². The van der Waals surface area contributed by atoms with Gasteiger partial charge in [-0.3, -0.25) is 4.79 Å². The Hall–Kier alpha value is -1.81. The molecule has 0 radical (unpaired) electrons. The van der Waals surface area contributed by atoms with Gasteiger partial charge in [-0.25, -0.2) is 4.68 Å². The molecule has 0 fully saturated rings. The topological polar surface area (TPSA) is 55.1 Å². The van der Waals surface area contributed by atoms with Crippen LogP contribution in [0, 0.1) is 6.92 Å². The van der Waals surface area contributed by atoms with Gasteiger partial charge in [0, 0.05) is 11.2 Å². The van der Waals surface area contributed by atoms with Crippen LogP contribution in [0.25, 0.3) is 5.69 Å². The molecule has 0 atom stereocenters. The van der Waals surface area contributed by atoms with Crippen LogP contribution in [-0.4, -0.2) is 20.9 Å².